The number of amides is 1. The summed E-state index contributed by atoms with van der Waals surface area (Å²) in [6.07, 6.45) is -2.75. The van der Waals surface area contributed by atoms with Gasteiger partial charge in [-0.15, -0.1) is 24.8 Å². The van der Waals surface area contributed by atoms with Gasteiger partial charge < -0.3 is 24.7 Å². The highest BCUT2D eigenvalue weighted by Gasteiger charge is 2.36. The normalized spacial score (nSPS) is 10.9. The number of ether oxygens (including phenoxy) is 2. The Bertz CT molecular complexity index is 1320. The fraction of sp³-hybridized carbons (Fsp3) is 0.320. The van der Waals surface area contributed by atoms with Crippen LogP contribution >= 0.6 is 24.8 Å². The maximum atomic E-state index is 14.8. The molecule has 0 fully saturated rings. The van der Waals surface area contributed by atoms with E-state index in [2.05, 4.69) is 15.3 Å². The van der Waals surface area contributed by atoms with Crippen LogP contribution in [0.5, 0.6) is 11.6 Å². The Morgan fingerprint density at radius 3 is 2.46 bits per heavy atom. The summed E-state index contributed by atoms with van der Waals surface area (Å²) in [5.74, 6) is -1.76. The standard InChI is InChI=1S/C25H26F4N4O4.2ClH/c1-4-36-21-12-22(34)30-14-18(21)15-5-6-16(20(26)9-15)10-23(35)32-17-11-19(25(27,28)29)24(31-13-17)37-8-7-33(2)3;;/h5-6,9,11-14H,4,7-8,10H2,1-3H3,(H,30,34)(H,32,35);2*1H. The van der Waals surface area contributed by atoms with Gasteiger partial charge in [0.1, 0.15) is 23.7 Å². The molecule has 0 bridgehead atoms. The highest BCUT2D eigenvalue weighted by Crippen LogP contribution is 2.36. The van der Waals surface area contributed by atoms with Gasteiger partial charge in [0, 0.05) is 24.4 Å². The molecular formula is C25H28Cl2F4N4O4. The Morgan fingerprint density at radius 2 is 1.85 bits per heavy atom. The van der Waals surface area contributed by atoms with Crippen LogP contribution in [0, 0.1) is 5.82 Å². The van der Waals surface area contributed by atoms with E-state index < -0.39 is 35.8 Å². The average molecular weight is 595 g/mol. The zero-order valence-corrected chi connectivity index (χ0v) is 22.9. The zero-order valence-electron chi connectivity index (χ0n) is 21.2. The van der Waals surface area contributed by atoms with E-state index in [1.54, 1.807) is 32.0 Å². The van der Waals surface area contributed by atoms with Crippen molar-refractivity contribution in [3.63, 3.8) is 0 Å². The van der Waals surface area contributed by atoms with Gasteiger partial charge in [-0.1, -0.05) is 12.1 Å². The van der Waals surface area contributed by atoms with Gasteiger partial charge >= 0.3 is 6.18 Å². The van der Waals surface area contributed by atoms with Crippen LogP contribution in [0.1, 0.15) is 18.1 Å². The molecule has 0 unspecified atom stereocenters. The lowest BCUT2D eigenvalue weighted by Gasteiger charge is -2.16. The minimum Gasteiger partial charge on any atom is -0.493 e. The number of nitrogens with zero attached hydrogens (tertiary/aromatic N) is 2. The summed E-state index contributed by atoms with van der Waals surface area (Å²) in [5.41, 5.74) is -0.830. The van der Waals surface area contributed by atoms with Crippen LogP contribution in [-0.2, 0) is 17.4 Å². The molecule has 0 spiro atoms. The van der Waals surface area contributed by atoms with Gasteiger partial charge in [-0.2, -0.15) is 13.2 Å². The lowest BCUT2D eigenvalue weighted by molar-refractivity contribution is -0.139. The molecule has 8 nitrogen and oxygen atoms in total. The molecule has 0 saturated carbocycles. The van der Waals surface area contributed by atoms with Crippen molar-refractivity contribution in [2.24, 2.45) is 0 Å². The van der Waals surface area contributed by atoms with E-state index in [0.717, 1.165) is 12.3 Å². The summed E-state index contributed by atoms with van der Waals surface area (Å²) in [7, 11) is 3.50. The molecule has 0 saturated heterocycles. The number of halogens is 6. The first-order valence-electron chi connectivity index (χ1n) is 11.3. The molecular weight excluding hydrogens is 567 g/mol. The van der Waals surface area contributed by atoms with Gasteiger partial charge in [0.05, 0.1) is 24.9 Å². The van der Waals surface area contributed by atoms with Gasteiger partial charge in [-0.05, 0) is 44.3 Å². The third kappa shape index (κ3) is 9.41. The molecule has 1 amide bonds. The van der Waals surface area contributed by atoms with Crippen molar-refractivity contribution >= 4 is 36.4 Å². The summed E-state index contributed by atoms with van der Waals surface area (Å²) in [6.45, 7) is 2.42. The third-order valence-electron chi connectivity index (χ3n) is 5.12. The summed E-state index contributed by atoms with van der Waals surface area (Å²) in [5, 5.41) is 2.32. The Balaban J connectivity index is 0.00000380. The first kappa shape index (κ1) is 33.7. The second-order valence-corrected chi connectivity index (χ2v) is 8.27. The fourth-order valence-electron chi connectivity index (χ4n) is 3.35. The molecule has 3 aromatic rings. The molecule has 0 aliphatic carbocycles. The van der Waals surface area contributed by atoms with Gasteiger partial charge in [-0.3, -0.25) is 9.59 Å². The number of carbonyl (C=O) groups excluding carboxylic acids is 1. The lowest BCUT2D eigenvalue weighted by Crippen LogP contribution is -2.21. The van der Waals surface area contributed by atoms with E-state index in [9.17, 15) is 27.2 Å². The number of pyridine rings is 2. The molecule has 0 aliphatic heterocycles. The molecule has 2 heterocycles. The quantitative estimate of drug-likeness (QED) is 0.322. The minimum atomic E-state index is -4.76. The summed E-state index contributed by atoms with van der Waals surface area (Å²) in [4.78, 5) is 32.0. The smallest absolute Gasteiger partial charge is 0.421 e. The Morgan fingerprint density at radius 1 is 1.13 bits per heavy atom. The number of H-pyrrole nitrogens is 1. The molecule has 14 heteroatoms. The summed E-state index contributed by atoms with van der Waals surface area (Å²) in [6, 6.07) is 6.08. The van der Waals surface area contributed by atoms with Crippen molar-refractivity contribution < 1.29 is 31.8 Å². The van der Waals surface area contributed by atoms with Gasteiger partial charge in [0.25, 0.3) is 5.56 Å². The van der Waals surface area contributed by atoms with E-state index in [1.807, 2.05) is 0 Å². The molecule has 3 rings (SSSR count). The zero-order chi connectivity index (χ0) is 27.2. The van der Waals surface area contributed by atoms with Crippen LogP contribution < -0.4 is 20.3 Å². The van der Waals surface area contributed by atoms with Crippen LogP contribution in [-0.4, -0.2) is 54.6 Å². The number of likely N-dealkylation sites (N-methyl/N-ethyl adjacent to an activating group) is 1. The van der Waals surface area contributed by atoms with Crippen molar-refractivity contribution in [3.8, 4) is 22.8 Å². The SMILES string of the molecule is CCOc1cc(=O)[nH]cc1-c1ccc(CC(=O)Nc2cnc(OCCN(C)C)c(C(F)(F)F)c2)c(F)c1.Cl.Cl. The van der Waals surface area contributed by atoms with E-state index in [0.29, 0.717) is 24.3 Å². The first-order chi connectivity index (χ1) is 17.5. The van der Waals surface area contributed by atoms with Gasteiger partial charge in [0.15, 0.2) is 0 Å². The largest absolute Gasteiger partial charge is 0.493 e. The number of carbonyl (C=O) groups is 1. The van der Waals surface area contributed by atoms with Crippen molar-refractivity contribution in [1.29, 1.82) is 0 Å². The topological polar surface area (TPSA) is 96.5 Å². The predicted molar refractivity (Wildman–Crippen MR) is 144 cm³/mol. The monoisotopic (exact) mass is 594 g/mol. The molecule has 2 aromatic heterocycles. The van der Waals surface area contributed by atoms with Crippen molar-refractivity contribution in [1.82, 2.24) is 14.9 Å². The molecule has 39 heavy (non-hydrogen) atoms. The molecule has 2 N–H and O–H groups in total. The highest BCUT2D eigenvalue weighted by molar-refractivity contribution is 5.92. The molecule has 0 aliphatic rings. The van der Waals surface area contributed by atoms with E-state index in [-0.39, 0.29) is 54.0 Å². The number of benzene rings is 1. The highest BCUT2D eigenvalue weighted by atomic mass is 35.5. The Labute approximate surface area is 234 Å². The lowest BCUT2D eigenvalue weighted by atomic mass is 10.0. The second-order valence-electron chi connectivity index (χ2n) is 8.27. The summed E-state index contributed by atoms with van der Waals surface area (Å²) >= 11 is 0. The van der Waals surface area contributed by atoms with Gasteiger partial charge in [0.2, 0.25) is 11.8 Å². The van der Waals surface area contributed by atoms with E-state index in [1.165, 1.54) is 24.4 Å². The van der Waals surface area contributed by atoms with Crippen molar-refractivity contribution in [3.05, 3.63) is 70.0 Å². The summed E-state index contributed by atoms with van der Waals surface area (Å²) < 4.78 is 65.9. The third-order valence-corrected chi connectivity index (χ3v) is 5.12. The number of hydrogen-bond donors (Lipinski definition) is 2. The maximum absolute atomic E-state index is 14.8. The first-order valence-corrected chi connectivity index (χ1v) is 11.3. The van der Waals surface area contributed by atoms with Gasteiger partial charge in [-0.25, -0.2) is 9.37 Å². The molecule has 214 valence electrons. The van der Waals surface area contributed by atoms with Crippen LogP contribution in [0.15, 0.2) is 47.5 Å². The average Bonchev–Trinajstić information content (AvgIpc) is 2.81. The van der Waals surface area contributed by atoms with Crippen LogP contribution in [0.3, 0.4) is 0 Å². The number of hydrogen-bond acceptors (Lipinski definition) is 6. The predicted octanol–water partition coefficient (Wildman–Crippen LogP) is 4.96. The number of anilines is 1. The van der Waals surface area contributed by atoms with Crippen molar-refractivity contribution in [2.75, 3.05) is 39.2 Å². The van der Waals surface area contributed by atoms with E-state index in [4.69, 9.17) is 9.47 Å². The maximum Gasteiger partial charge on any atom is 0.421 e. The number of nitrogens with one attached hydrogen (secondary N) is 2. The number of aromatic amines is 1. The number of rotatable bonds is 10. The molecule has 0 atom stereocenters. The molecule has 1 aromatic carbocycles. The Kier molecular flexibility index (Phi) is 12.7. The van der Waals surface area contributed by atoms with E-state index >= 15 is 0 Å². The minimum absolute atomic E-state index is 0. The fourth-order valence-corrected chi connectivity index (χ4v) is 3.35. The number of aromatic nitrogens is 2. The number of alkyl halides is 3. The van der Waals surface area contributed by atoms with Crippen LogP contribution in [0.25, 0.3) is 11.1 Å². The van der Waals surface area contributed by atoms with Crippen molar-refractivity contribution in [2.45, 2.75) is 19.5 Å². The van der Waals surface area contributed by atoms with Crippen LogP contribution in [0.4, 0.5) is 23.2 Å². The Hall–Kier alpha value is -3.35. The molecule has 0 radical (unpaired) electrons. The second kappa shape index (κ2) is 14.7. The van der Waals surface area contributed by atoms with Crippen LogP contribution in [0.2, 0.25) is 0 Å².